The summed E-state index contributed by atoms with van der Waals surface area (Å²) < 4.78 is 0.767. The molecule has 0 unspecified atom stereocenters. The van der Waals surface area contributed by atoms with Crippen LogP contribution in [0.25, 0.3) is 0 Å². The number of carbonyl (C=O) groups excluding carboxylic acids is 1. The summed E-state index contributed by atoms with van der Waals surface area (Å²) >= 11 is 8.56. The second kappa shape index (κ2) is 7.31. The van der Waals surface area contributed by atoms with Gasteiger partial charge in [-0.2, -0.15) is 0 Å². The van der Waals surface area contributed by atoms with Crippen LogP contribution in [0, 0.1) is 11.8 Å². The number of thiocarbonyl (C=S) groups is 1. The predicted octanol–water partition coefficient (Wildman–Crippen LogP) is 3.27. The Labute approximate surface area is 139 Å². The summed E-state index contributed by atoms with van der Waals surface area (Å²) in [6.07, 6.45) is 6.73. The average molecular weight is 370 g/mol. The average Bonchev–Trinajstić information content (AvgIpc) is 2.44. The monoisotopic (exact) mass is 369 g/mol. The van der Waals surface area contributed by atoms with Crippen molar-refractivity contribution in [1.82, 2.24) is 15.6 Å². The van der Waals surface area contributed by atoms with Gasteiger partial charge in [0.15, 0.2) is 5.11 Å². The minimum atomic E-state index is -0.238. The van der Waals surface area contributed by atoms with Crippen LogP contribution < -0.4 is 10.6 Å². The van der Waals surface area contributed by atoms with Gasteiger partial charge in [-0.15, -0.1) is 0 Å². The van der Waals surface area contributed by atoms with E-state index in [1.165, 1.54) is 19.0 Å². The van der Waals surface area contributed by atoms with Gasteiger partial charge in [0.2, 0.25) is 0 Å². The standard InChI is InChI=1S/C15H20BrN3OS/c1-9-4-3-5-13(10(9)2)18-15(21)19-14(20)11-6-12(16)8-17-7-11/h6-10,13H,3-5H2,1-2H3,(H2,18,19,20,21)/t9-,10-,13+/m1/s1. The van der Waals surface area contributed by atoms with Gasteiger partial charge in [0.05, 0.1) is 5.56 Å². The Morgan fingerprint density at radius 1 is 1.38 bits per heavy atom. The lowest BCUT2D eigenvalue weighted by Gasteiger charge is -2.35. The van der Waals surface area contributed by atoms with E-state index in [0.29, 0.717) is 28.6 Å². The smallest absolute Gasteiger partial charge is 0.259 e. The van der Waals surface area contributed by atoms with Gasteiger partial charge in [0.25, 0.3) is 5.91 Å². The molecule has 1 aromatic rings. The van der Waals surface area contributed by atoms with Gasteiger partial charge in [-0.25, -0.2) is 0 Å². The summed E-state index contributed by atoms with van der Waals surface area (Å²) in [7, 11) is 0. The minimum Gasteiger partial charge on any atom is -0.359 e. The lowest BCUT2D eigenvalue weighted by atomic mass is 9.78. The summed E-state index contributed by atoms with van der Waals surface area (Å²) in [6, 6.07) is 2.05. The number of halogens is 1. The third-order valence-corrected chi connectivity index (χ3v) is 4.87. The van der Waals surface area contributed by atoms with E-state index < -0.39 is 0 Å². The molecular formula is C15H20BrN3OS. The number of nitrogens with zero attached hydrogens (tertiary/aromatic N) is 1. The predicted molar refractivity (Wildman–Crippen MR) is 91.1 cm³/mol. The van der Waals surface area contributed by atoms with E-state index >= 15 is 0 Å². The summed E-state index contributed by atoms with van der Waals surface area (Å²) in [5.74, 6) is 1.00. The zero-order valence-electron chi connectivity index (χ0n) is 12.2. The van der Waals surface area contributed by atoms with Crippen molar-refractivity contribution >= 4 is 39.2 Å². The first-order chi connectivity index (χ1) is 9.97. The third-order valence-electron chi connectivity index (χ3n) is 4.22. The first kappa shape index (κ1) is 16.4. The number of carbonyl (C=O) groups is 1. The Hall–Kier alpha value is -1.01. The summed E-state index contributed by atoms with van der Waals surface area (Å²) in [4.78, 5) is 16.1. The first-order valence-corrected chi connectivity index (χ1v) is 8.40. The van der Waals surface area contributed by atoms with Crippen molar-refractivity contribution in [2.45, 2.75) is 39.2 Å². The van der Waals surface area contributed by atoms with Gasteiger partial charge in [0.1, 0.15) is 0 Å². The molecule has 1 saturated carbocycles. The van der Waals surface area contributed by atoms with Crippen LogP contribution in [-0.4, -0.2) is 22.0 Å². The van der Waals surface area contributed by atoms with E-state index in [9.17, 15) is 4.79 Å². The number of hydrogen-bond acceptors (Lipinski definition) is 3. The van der Waals surface area contributed by atoms with Gasteiger partial charge in [-0.3, -0.25) is 15.1 Å². The molecule has 0 aliphatic heterocycles. The molecule has 0 saturated heterocycles. The normalized spacial score (nSPS) is 25.2. The van der Waals surface area contributed by atoms with Crippen molar-refractivity contribution in [1.29, 1.82) is 0 Å². The highest BCUT2D eigenvalue weighted by atomic mass is 79.9. The fourth-order valence-corrected chi connectivity index (χ4v) is 3.31. The molecule has 1 heterocycles. The Balaban J connectivity index is 1.91. The molecule has 21 heavy (non-hydrogen) atoms. The molecule has 0 spiro atoms. The highest BCUT2D eigenvalue weighted by Gasteiger charge is 2.27. The summed E-state index contributed by atoms with van der Waals surface area (Å²) in [6.45, 7) is 4.51. The molecule has 3 atom stereocenters. The molecule has 2 rings (SSSR count). The second-order valence-corrected chi connectivity index (χ2v) is 7.02. The highest BCUT2D eigenvalue weighted by molar-refractivity contribution is 9.10. The Bertz CT molecular complexity index is 537. The van der Waals surface area contributed by atoms with E-state index in [4.69, 9.17) is 12.2 Å². The van der Waals surface area contributed by atoms with Crippen molar-refractivity contribution in [3.8, 4) is 0 Å². The van der Waals surface area contributed by atoms with Crippen LogP contribution in [0.5, 0.6) is 0 Å². The largest absolute Gasteiger partial charge is 0.359 e. The third kappa shape index (κ3) is 4.48. The van der Waals surface area contributed by atoms with E-state index in [1.54, 1.807) is 12.3 Å². The van der Waals surface area contributed by atoms with Crippen molar-refractivity contribution in [2.24, 2.45) is 11.8 Å². The van der Waals surface area contributed by atoms with Crippen LogP contribution >= 0.6 is 28.1 Å². The number of rotatable bonds is 2. The summed E-state index contributed by atoms with van der Waals surface area (Å²) in [5.41, 5.74) is 0.485. The van der Waals surface area contributed by atoms with Crippen LogP contribution in [-0.2, 0) is 0 Å². The van der Waals surface area contributed by atoms with Gasteiger partial charge in [-0.05, 0) is 52.5 Å². The van der Waals surface area contributed by atoms with Gasteiger partial charge < -0.3 is 5.32 Å². The molecule has 0 bridgehead atoms. The maximum Gasteiger partial charge on any atom is 0.259 e. The number of aromatic nitrogens is 1. The molecule has 6 heteroatoms. The van der Waals surface area contributed by atoms with E-state index in [0.717, 1.165) is 10.9 Å². The van der Waals surface area contributed by atoms with E-state index in [2.05, 4.69) is 45.4 Å². The van der Waals surface area contributed by atoms with Crippen molar-refractivity contribution in [2.75, 3.05) is 0 Å². The zero-order valence-corrected chi connectivity index (χ0v) is 14.6. The van der Waals surface area contributed by atoms with Crippen molar-refractivity contribution < 1.29 is 4.79 Å². The number of pyridine rings is 1. The van der Waals surface area contributed by atoms with E-state index in [-0.39, 0.29) is 5.91 Å². The number of nitrogens with one attached hydrogen (secondary N) is 2. The molecule has 0 aromatic carbocycles. The van der Waals surface area contributed by atoms with Crippen LogP contribution in [0.4, 0.5) is 0 Å². The number of amides is 1. The molecule has 4 nitrogen and oxygen atoms in total. The maximum absolute atomic E-state index is 12.1. The van der Waals surface area contributed by atoms with Crippen LogP contribution in [0.1, 0.15) is 43.5 Å². The Morgan fingerprint density at radius 3 is 2.86 bits per heavy atom. The van der Waals surface area contributed by atoms with Crippen molar-refractivity contribution in [3.05, 3.63) is 28.5 Å². The minimum absolute atomic E-state index is 0.238. The molecule has 1 aliphatic carbocycles. The second-order valence-electron chi connectivity index (χ2n) is 5.69. The van der Waals surface area contributed by atoms with Crippen LogP contribution in [0.15, 0.2) is 22.9 Å². The Morgan fingerprint density at radius 2 is 2.14 bits per heavy atom. The molecule has 1 fully saturated rings. The SMILES string of the molecule is C[C@@H]1[C@H](C)CCC[C@@H]1NC(=S)NC(=O)c1cncc(Br)c1. The number of hydrogen-bond donors (Lipinski definition) is 2. The first-order valence-electron chi connectivity index (χ1n) is 7.19. The lowest BCUT2D eigenvalue weighted by molar-refractivity contribution is 0.0975. The molecule has 1 amide bonds. The highest BCUT2D eigenvalue weighted by Crippen LogP contribution is 2.29. The molecule has 114 valence electrons. The molecule has 1 aliphatic rings. The molecule has 0 radical (unpaired) electrons. The molecule has 1 aromatic heterocycles. The Kier molecular flexibility index (Phi) is 5.70. The van der Waals surface area contributed by atoms with Gasteiger partial charge in [0, 0.05) is 22.9 Å². The lowest BCUT2D eigenvalue weighted by Crippen LogP contribution is -2.49. The fourth-order valence-electron chi connectivity index (χ4n) is 2.70. The fraction of sp³-hybridized carbons (Fsp3) is 0.533. The maximum atomic E-state index is 12.1. The molecule has 2 N–H and O–H groups in total. The van der Waals surface area contributed by atoms with Gasteiger partial charge >= 0.3 is 0 Å². The van der Waals surface area contributed by atoms with Crippen LogP contribution in [0.2, 0.25) is 0 Å². The van der Waals surface area contributed by atoms with Crippen LogP contribution in [0.3, 0.4) is 0 Å². The van der Waals surface area contributed by atoms with E-state index in [1.807, 2.05) is 0 Å². The topological polar surface area (TPSA) is 54.0 Å². The summed E-state index contributed by atoms with van der Waals surface area (Å²) in [5, 5.41) is 6.40. The quantitative estimate of drug-likeness (QED) is 0.785. The van der Waals surface area contributed by atoms with Gasteiger partial charge in [-0.1, -0.05) is 26.7 Å². The zero-order chi connectivity index (χ0) is 15.4. The van der Waals surface area contributed by atoms with Crippen molar-refractivity contribution in [3.63, 3.8) is 0 Å². The molecular weight excluding hydrogens is 350 g/mol.